The van der Waals surface area contributed by atoms with Crippen molar-refractivity contribution >= 4 is 43.5 Å². The minimum absolute atomic E-state index is 0.159. The lowest BCUT2D eigenvalue weighted by Crippen LogP contribution is -2.16. The molecule has 0 N–H and O–H groups in total. The zero-order chi connectivity index (χ0) is 28.0. The lowest BCUT2D eigenvalue weighted by molar-refractivity contribution is 0.666. The van der Waals surface area contributed by atoms with Gasteiger partial charge in [-0.1, -0.05) is 129 Å². The molecule has 1 heterocycles. The molecule has 0 aliphatic heterocycles. The van der Waals surface area contributed by atoms with Crippen LogP contribution in [0.3, 0.4) is 0 Å². The van der Waals surface area contributed by atoms with Crippen LogP contribution in [-0.4, -0.2) is 0 Å². The Morgan fingerprint density at radius 1 is 0.476 bits per heavy atom. The fourth-order valence-corrected chi connectivity index (χ4v) is 7.50. The smallest absolute Gasteiger partial charge is 0.143 e. The molecule has 0 spiro atoms. The molecule has 0 fully saturated rings. The third-order valence-electron chi connectivity index (χ3n) is 9.44. The second kappa shape index (κ2) is 8.44. The molecule has 1 aliphatic rings. The number of benzene rings is 7. The number of hydrogen-bond donors (Lipinski definition) is 0. The minimum atomic E-state index is -0.159. The summed E-state index contributed by atoms with van der Waals surface area (Å²) >= 11 is 0. The lowest BCUT2D eigenvalue weighted by Gasteiger charge is -2.25. The van der Waals surface area contributed by atoms with Crippen LogP contribution < -0.4 is 0 Å². The second-order valence-corrected chi connectivity index (χ2v) is 12.1. The first kappa shape index (κ1) is 23.6. The first-order chi connectivity index (χ1) is 20.6. The quantitative estimate of drug-likeness (QED) is 0.214. The Hall–Kier alpha value is -5.14. The van der Waals surface area contributed by atoms with Gasteiger partial charge in [0.1, 0.15) is 11.2 Å². The van der Waals surface area contributed by atoms with Crippen molar-refractivity contribution in [2.75, 3.05) is 0 Å². The van der Waals surface area contributed by atoms with Gasteiger partial charge in [-0.05, 0) is 78.9 Å². The predicted octanol–water partition coefficient (Wildman–Crippen LogP) is 11.5. The molecular formula is C41H28O. The maximum absolute atomic E-state index is 6.52. The first-order valence-corrected chi connectivity index (χ1v) is 14.7. The lowest BCUT2D eigenvalue weighted by atomic mass is 9.78. The van der Waals surface area contributed by atoms with E-state index in [9.17, 15) is 0 Å². The van der Waals surface area contributed by atoms with Gasteiger partial charge >= 0.3 is 0 Å². The summed E-state index contributed by atoms with van der Waals surface area (Å²) in [6.45, 7) is 4.78. The molecule has 7 aromatic carbocycles. The fourth-order valence-electron chi connectivity index (χ4n) is 7.50. The van der Waals surface area contributed by atoms with E-state index in [0.29, 0.717) is 0 Å². The van der Waals surface area contributed by atoms with Crippen molar-refractivity contribution in [3.8, 4) is 33.4 Å². The van der Waals surface area contributed by atoms with Crippen LogP contribution in [0.5, 0.6) is 0 Å². The molecule has 42 heavy (non-hydrogen) atoms. The molecular weight excluding hydrogens is 508 g/mol. The molecule has 1 aromatic heterocycles. The summed E-state index contributed by atoms with van der Waals surface area (Å²) in [4.78, 5) is 0. The fraction of sp³-hybridized carbons (Fsp3) is 0.0732. The van der Waals surface area contributed by atoms with Gasteiger partial charge in [-0.3, -0.25) is 0 Å². The summed E-state index contributed by atoms with van der Waals surface area (Å²) in [5, 5.41) is 7.36. The van der Waals surface area contributed by atoms with E-state index in [-0.39, 0.29) is 5.41 Å². The van der Waals surface area contributed by atoms with Crippen LogP contribution in [0.1, 0.15) is 25.0 Å². The number of rotatable bonds is 2. The van der Waals surface area contributed by atoms with Gasteiger partial charge in [0.15, 0.2) is 0 Å². The number of furan rings is 1. The average Bonchev–Trinajstić information content (AvgIpc) is 3.54. The monoisotopic (exact) mass is 536 g/mol. The Morgan fingerprint density at radius 2 is 1.19 bits per heavy atom. The van der Waals surface area contributed by atoms with Crippen molar-refractivity contribution < 1.29 is 4.42 Å². The minimum Gasteiger partial charge on any atom is -0.455 e. The molecule has 1 nitrogen and oxygen atoms in total. The second-order valence-electron chi connectivity index (χ2n) is 12.1. The summed E-state index contributed by atoms with van der Waals surface area (Å²) in [5.41, 5.74) is 12.2. The molecule has 0 atom stereocenters. The summed E-state index contributed by atoms with van der Waals surface area (Å²) in [6.07, 6.45) is 0. The van der Waals surface area contributed by atoms with E-state index in [1.54, 1.807) is 0 Å². The molecule has 0 unspecified atom stereocenters. The van der Waals surface area contributed by atoms with Crippen LogP contribution in [-0.2, 0) is 5.41 Å². The van der Waals surface area contributed by atoms with E-state index in [4.69, 9.17) is 4.42 Å². The third-order valence-corrected chi connectivity index (χ3v) is 9.44. The highest BCUT2D eigenvalue weighted by atomic mass is 16.3. The van der Waals surface area contributed by atoms with Crippen LogP contribution in [0.15, 0.2) is 138 Å². The van der Waals surface area contributed by atoms with Crippen molar-refractivity contribution in [2.24, 2.45) is 0 Å². The van der Waals surface area contributed by atoms with E-state index in [1.165, 1.54) is 71.4 Å². The highest BCUT2D eigenvalue weighted by Crippen LogP contribution is 2.54. The van der Waals surface area contributed by atoms with Gasteiger partial charge < -0.3 is 4.42 Å². The van der Waals surface area contributed by atoms with E-state index >= 15 is 0 Å². The third kappa shape index (κ3) is 3.14. The highest BCUT2D eigenvalue weighted by Gasteiger charge is 2.38. The molecule has 9 rings (SSSR count). The van der Waals surface area contributed by atoms with Crippen LogP contribution in [0, 0.1) is 0 Å². The van der Waals surface area contributed by atoms with Crippen LogP contribution in [0.25, 0.3) is 76.9 Å². The average molecular weight is 537 g/mol. The maximum Gasteiger partial charge on any atom is 0.143 e. The van der Waals surface area contributed by atoms with Gasteiger partial charge in [0.25, 0.3) is 0 Å². The van der Waals surface area contributed by atoms with Crippen molar-refractivity contribution in [1.82, 2.24) is 0 Å². The van der Waals surface area contributed by atoms with Crippen LogP contribution in [0.2, 0.25) is 0 Å². The van der Waals surface area contributed by atoms with Crippen molar-refractivity contribution in [3.05, 3.63) is 145 Å². The Bertz CT molecular complexity index is 2370. The predicted molar refractivity (Wildman–Crippen MR) is 177 cm³/mol. The number of fused-ring (bicyclic) bond motifs is 10. The van der Waals surface area contributed by atoms with E-state index in [0.717, 1.165) is 16.6 Å². The van der Waals surface area contributed by atoms with Crippen molar-refractivity contribution in [3.63, 3.8) is 0 Å². The Morgan fingerprint density at radius 3 is 2.07 bits per heavy atom. The largest absolute Gasteiger partial charge is 0.455 e. The molecule has 0 saturated heterocycles. The molecule has 0 saturated carbocycles. The van der Waals surface area contributed by atoms with E-state index in [2.05, 4.69) is 147 Å². The number of hydrogen-bond acceptors (Lipinski definition) is 1. The Balaban J connectivity index is 1.28. The molecule has 0 bridgehead atoms. The van der Waals surface area contributed by atoms with Gasteiger partial charge in [-0.2, -0.15) is 0 Å². The Kier molecular flexibility index (Phi) is 4.73. The standard InChI is InChI=1S/C41H28O/c1-41(2)35-24-28(30-16-9-17-36-38(30)34-23-18-26-12-6-7-14-31(26)40(34)42-36)20-21-32(35)33-22-19-27-13-8-15-29(37(27)39(33)41)25-10-4-3-5-11-25/h3-24H,1-2H3. The van der Waals surface area contributed by atoms with Gasteiger partial charge in [0.05, 0.1) is 0 Å². The van der Waals surface area contributed by atoms with Crippen LogP contribution >= 0.6 is 0 Å². The van der Waals surface area contributed by atoms with Gasteiger partial charge in [0.2, 0.25) is 0 Å². The molecule has 0 radical (unpaired) electrons. The van der Waals surface area contributed by atoms with E-state index in [1.807, 2.05) is 0 Å². The molecule has 8 aromatic rings. The summed E-state index contributed by atoms with van der Waals surface area (Å²) in [5.74, 6) is 0. The zero-order valence-corrected chi connectivity index (χ0v) is 23.6. The summed E-state index contributed by atoms with van der Waals surface area (Å²) in [6, 6.07) is 48.6. The Labute approximate surface area is 244 Å². The topological polar surface area (TPSA) is 13.1 Å². The van der Waals surface area contributed by atoms with Gasteiger partial charge in [-0.15, -0.1) is 0 Å². The van der Waals surface area contributed by atoms with Gasteiger partial charge in [0, 0.05) is 21.6 Å². The summed E-state index contributed by atoms with van der Waals surface area (Å²) < 4.78 is 6.52. The van der Waals surface area contributed by atoms with E-state index < -0.39 is 0 Å². The maximum atomic E-state index is 6.52. The molecule has 198 valence electrons. The molecule has 0 amide bonds. The van der Waals surface area contributed by atoms with Crippen molar-refractivity contribution in [2.45, 2.75) is 19.3 Å². The van der Waals surface area contributed by atoms with Crippen molar-refractivity contribution in [1.29, 1.82) is 0 Å². The highest BCUT2D eigenvalue weighted by molar-refractivity contribution is 6.19. The normalized spacial score (nSPS) is 13.7. The molecule has 1 aliphatic carbocycles. The zero-order valence-electron chi connectivity index (χ0n) is 23.6. The van der Waals surface area contributed by atoms with Gasteiger partial charge in [-0.25, -0.2) is 0 Å². The molecule has 1 heteroatoms. The summed E-state index contributed by atoms with van der Waals surface area (Å²) in [7, 11) is 0. The van der Waals surface area contributed by atoms with Crippen LogP contribution in [0.4, 0.5) is 0 Å². The SMILES string of the molecule is CC1(C)c2cc(-c3cccc4oc5c6ccccc6ccc5c34)ccc2-c2ccc3cccc(-c4ccccc4)c3c21. The first-order valence-electron chi connectivity index (χ1n) is 14.7.